The molecule has 0 unspecified atom stereocenters. The number of rotatable bonds is 3. The van der Waals surface area contributed by atoms with E-state index in [1.54, 1.807) is 49.4 Å². The molecule has 0 amide bonds. The highest BCUT2D eigenvalue weighted by molar-refractivity contribution is 6.42. The zero-order valence-electron chi connectivity index (χ0n) is 9.73. The molecule has 0 aliphatic heterocycles. The summed E-state index contributed by atoms with van der Waals surface area (Å²) in [7, 11) is 0. The normalized spacial score (nSPS) is 12.2. The summed E-state index contributed by atoms with van der Waals surface area (Å²) in [4.78, 5) is 0. The van der Waals surface area contributed by atoms with Gasteiger partial charge >= 0.3 is 0 Å². The maximum absolute atomic E-state index is 9.41. The fraction of sp³-hybridized carbons (Fsp3) is 0.143. The zero-order chi connectivity index (χ0) is 13.1. The van der Waals surface area contributed by atoms with Crippen molar-refractivity contribution < 1.29 is 9.84 Å². The van der Waals surface area contributed by atoms with Gasteiger partial charge in [0.1, 0.15) is 16.5 Å². The van der Waals surface area contributed by atoms with Crippen molar-refractivity contribution in [2.45, 2.75) is 13.0 Å². The summed E-state index contributed by atoms with van der Waals surface area (Å²) in [5.74, 6) is 1.15. The van der Waals surface area contributed by atoms with Gasteiger partial charge in [0, 0.05) is 0 Å². The molecule has 0 aromatic heterocycles. The van der Waals surface area contributed by atoms with E-state index in [4.69, 9.17) is 27.9 Å². The molecular weight excluding hydrogens is 271 g/mol. The van der Waals surface area contributed by atoms with Crippen molar-refractivity contribution in [3.8, 4) is 11.5 Å². The van der Waals surface area contributed by atoms with Gasteiger partial charge in [-0.3, -0.25) is 0 Å². The summed E-state index contributed by atoms with van der Waals surface area (Å²) in [5.41, 5.74) is 0.833. The highest BCUT2D eigenvalue weighted by Gasteiger charge is 2.07. The molecule has 0 saturated heterocycles. The predicted octanol–water partition coefficient (Wildman–Crippen LogP) is 4.84. The number of hydrogen-bond acceptors (Lipinski definition) is 2. The van der Waals surface area contributed by atoms with E-state index < -0.39 is 6.10 Å². The summed E-state index contributed by atoms with van der Waals surface area (Å²) in [5, 5.41) is 10.2. The van der Waals surface area contributed by atoms with Crippen molar-refractivity contribution in [1.29, 1.82) is 0 Å². The first-order valence-corrected chi connectivity index (χ1v) is 6.23. The predicted molar refractivity (Wildman–Crippen MR) is 73.6 cm³/mol. The first-order valence-electron chi connectivity index (χ1n) is 5.48. The van der Waals surface area contributed by atoms with Crippen LogP contribution in [0.2, 0.25) is 10.0 Å². The van der Waals surface area contributed by atoms with Gasteiger partial charge in [-0.15, -0.1) is 0 Å². The number of benzene rings is 2. The molecule has 2 rings (SSSR count). The van der Waals surface area contributed by atoms with Crippen LogP contribution in [0.1, 0.15) is 18.6 Å². The molecule has 0 saturated carbocycles. The largest absolute Gasteiger partial charge is 0.456 e. The average molecular weight is 283 g/mol. The number of hydrogen-bond donors (Lipinski definition) is 1. The van der Waals surface area contributed by atoms with E-state index in [-0.39, 0.29) is 0 Å². The van der Waals surface area contributed by atoms with Crippen LogP contribution >= 0.6 is 23.2 Å². The van der Waals surface area contributed by atoms with Crippen LogP contribution in [0.25, 0.3) is 0 Å². The average Bonchev–Trinajstić information content (AvgIpc) is 2.36. The third kappa shape index (κ3) is 2.96. The van der Waals surface area contributed by atoms with Crippen molar-refractivity contribution >= 4 is 23.2 Å². The highest BCUT2D eigenvalue weighted by Crippen LogP contribution is 2.34. The summed E-state index contributed by atoms with van der Waals surface area (Å²) < 4.78 is 5.63. The Morgan fingerprint density at radius 1 is 1.06 bits per heavy atom. The Morgan fingerprint density at radius 3 is 2.33 bits per heavy atom. The third-order valence-corrected chi connectivity index (χ3v) is 3.31. The SMILES string of the molecule is C[C@H](O)c1ccc(Oc2cccc(Cl)c2Cl)cc1. The molecule has 2 nitrogen and oxygen atoms in total. The molecule has 4 heteroatoms. The summed E-state index contributed by atoms with van der Waals surface area (Å²) >= 11 is 11.9. The summed E-state index contributed by atoms with van der Waals surface area (Å²) in [6.45, 7) is 1.71. The lowest BCUT2D eigenvalue weighted by Crippen LogP contribution is -1.91. The maximum Gasteiger partial charge on any atom is 0.147 e. The Hall–Kier alpha value is -1.22. The number of halogens is 2. The first kappa shape index (κ1) is 13.2. The molecule has 2 aromatic rings. The number of aliphatic hydroxyl groups is 1. The topological polar surface area (TPSA) is 29.5 Å². The lowest BCUT2D eigenvalue weighted by molar-refractivity contribution is 0.199. The first-order chi connectivity index (χ1) is 8.58. The van der Waals surface area contributed by atoms with Crippen molar-refractivity contribution in [3.05, 3.63) is 58.1 Å². The minimum absolute atomic E-state index is 0.388. The van der Waals surface area contributed by atoms with E-state index in [9.17, 15) is 5.11 Å². The molecule has 2 aromatic carbocycles. The van der Waals surface area contributed by atoms with Gasteiger partial charge in [-0.1, -0.05) is 41.4 Å². The number of ether oxygens (including phenoxy) is 1. The van der Waals surface area contributed by atoms with E-state index in [1.807, 2.05) is 0 Å². The van der Waals surface area contributed by atoms with Crippen LogP contribution in [0, 0.1) is 0 Å². The molecule has 0 fully saturated rings. The highest BCUT2D eigenvalue weighted by atomic mass is 35.5. The van der Waals surface area contributed by atoms with Gasteiger partial charge in [-0.2, -0.15) is 0 Å². The second-order valence-corrected chi connectivity index (χ2v) is 4.68. The van der Waals surface area contributed by atoms with Gasteiger partial charge in [-0.05, 0) is 36.8 Å². The Morgan fingerprint density at radius 2 is 1.72 bits per heavy atom. The Labute approximate surface area is 116 Å². The molecule has 0 bridgehead atoms. The molecule has 0 radical (unpaired) electrons. The second kappa shape index (κ2) is 5.61. The molecule has 0 heterocycles. The van der Waals surface area contributed by atoms with Gasteiger partial charge in [0.2, 0.25) is 0 Å². The van der Waals surface area contributed by atoms with Crippen LogP contribution in [0.3, 0.4) is 0 Å². The van der Waals surface area contributed by atoms with Gasteiger partial charge in [0.25, 0.3) is 0 Å². The molecule has 0 aliphatic carbocycles. The minimum atomic E-state index is -0.492. The fourth-order valence-electron chi connectivity index (χ4n) is 1.50. The summed E-state index contributed by atoms with van der Waals surface area (Å²) in [6.07, 6.45) is -0.492. The van der Waals surface area contributed by atoms with Crippen LogP contribution in [-0.2, 0) is 0 Å². The zero-order valence-corrected chi connectivity index (χ0v) is 11.2. The molecular formula is C14H12Cl2O2. The van der Waals surface area contributed by atoms with Crippen molar-refractivity contribution in [2.75, 3.05) is 0 Å². The van der Waals surface area contributed by atoms with E-state index in [0.29, 0.717) is 21.5 Å². The Bertz CT molecular complexity index is 536. The molecule has 0 spiro atoms. The fourth-order valence-corrected chi connectivity index (χ4v) is 1.83. The second-order valence-electron chi connectivity index (χ2n) is 3.90. The molecule has 1 N–H and O–H groups in total. The van der Waals surface area contributed by atoms with Gasteiger partial charge in [0.05, 0.1) is 11.1 Å². The maximum atomic E-state index is 9.41. The Balaban J connectivity index is 2.21. The van der Waals surface area contributed by atoms with Crippen LogP contribution in [0.4, 0.5) is 0 Å². The van der Waals surface area contributed by atoms with Crippen LogP contribution in [-0.4, -0.2) is 5.11 Å². The molecule has 18 heavy (non-hydrogen) atoms. The molecule has 1 atom stereocenters. The van der Waals surface area contributed by atoms with Gasteiger partial charge in [-0.25, -0.2) is 0 Å². The van der Waals surface area contributed by atoms with Crippen LogP contribution in [0.5, 0.6) is 11.5 Å². The summed E-state index contributed by atoms with van der Waals surface area (Å²) in [6, 6.07) is 12.4. The third-order valence-electron chi connectivity index (χ3n) is 2.51. The molecule has 0 aliphatic rings. The smallest absolute Gasteiger partial charge is 0.147 e. The number of aliphatic hydroxyl groups excluding tert-OH is 1. The standard InChI is InChI=1S/C14H12Cl2O2/c1-9(17)10-5-7-11(8-6-10)18-13-4-2-3-12(15)14(13)16/h2-9,17H,1H3/t9-/m0/s1. The van der Waals surface area contributed by atoms with E-state index in [0.717, 1.165) is 5.56 Å². The lowest BCUT2D eigenvalue weighted by Gasteiger charge is -2.10. The Kier molecular flexibility index (Phi) is 4.12. The van der Waals surface area contributed by atoms with Gasteiger partial charge < -0.3 is 9.84 Å². The van der Waals surface area contributed by atoms with E-state index in [1.165, 1.54) is 0 Å². The minimum Gasteiger partial charge on any atom is -0.456 e. The van der Waals surface area contributed by atoms with Gasteiger partial charge in [0.15, 0.2) is 0 Å². The van der Waals surface area contributed by atoms with Crippen LogP contribution in [0.15, 0.2) is 42.5 Å². The van der Waals surface area contributed by atoms with Crippen molar-refractivity contribution in [3.63, 3.8) is 0 Å². The van der Waals surface area contributed by atoms with Crippen LogP contribution < -0.4 is 4.74 Å². The molecule has 94 valence electrons. The van der Waals surface area contributed by atoms with Crippen molar-refractivity contribution in [1.82, 2.24) is 0 Å². The van der Waals surface area contributed by atoms with Crippen molar-refractivity contribution in [2.24, 2.45) is 0 Å². The van der Waals surface area contributed by atoms with E-state index in [2.05, 4.69) is 0 Å². The monoisotopic (exact) mass is 282 g/mol. The van der Waals surface area contributed by atoms with E-state index >= 15 is 0 Å². The quantitative estimate of drug-likeness (QED) is 0.873. The lowest BCUT2D eigenvalue weighted by atomic mass is 10.1.